The summed E-state index contributed by atoms with van der Waals surface area (Å²) in [5, 5.41) is 0. The molecule has 0 bridgehead atoms. The first-order valence-electron chi connectivity index (χ1n) is 4.68. The van der Waals surface area contributed by atoms with Gasteiger partial charge in [0.1, 0.15) is 0 Å². The Morgan fingerprint density at radius 1 is 1.08 bits per heavy atom. The summed E-state index contributed by atoms with van der Waals surface area (Å²) < 4.78 is 21.9. The summed E-state index contributed by atoms with van der Waals surface area (Å²) in [7, 11) is 0. The smallest absolute Gasteiger partial charge is 0.235 e. The van der Waals surface area contributed by atoms with Crippen molar-refractivity contribution in [1.82, 2.24) is 4.31 Å². The van der Waals surface area contributed by atoms with E-state index in [4.69, 9.17) is 4.55 Å². The van der Waals surface area contributed by atoms with E-state index in [1.165, 1.54) is 12.8 Å². The third-order valence-corrected chi connectivity index (χ3v) is 4.01. The highest BCUT2D eigenvalue weighted by atomic mass is 32.2. The van der Waals surface area contributed by atoms with Crippen molar-refractivity contribution in [3.8, 4) is 0 Å². The van der Waals surface area contributed by atoms with Crippen LogP contribution in [0.4, 0.5) is 0 Å². The van der Waals surface area contributed by atoms with Crippen molar-refractivity contribution >= 4 is 11.3 Å². The zero-order valence-electron chi connectivity index (χ0n) is 7.11. The van der Waals surface area contributed by atoms with Crippen LogP contribution in [-0.2, 0) is 11.3 Å². The molecule has 2 aliphatic rings. The van der Waals surface area contributed by atoms with Crippen LogP contribution in [0, 0.1) is 0 Å². The molecule has 4 heteroatoms. The Morgan fingerprint density at radius 3 is 1.67 bits per heavy atom. The number of rotatable bonds is 3. The highest BCUT2D eigenvalue weighted by molar-refractivity contribution is 7.76. The van der Waals surface area contributed by atoms with E-state index in [0.29, 0.717) is 12.1 Å². The van der Waals surface area contributed by atoms with E-state index in [1.807, 2.05) is 4.31 Å². The molecule has 0 aromatic heterocycles. The molecule has 1 N–H and O–H groups in total. The van der Waals surface area contributed by atoms with E-state index in [2.05, 4.69) is 0 Å². The molecule has 2 fully saturated rings. The topological polar surface area (TPSA) is 40.5 Å². The first-order valence-corrected chi connectivity index (χ1v) is 5.74. The van der Waals surface area contributed by atoms with Crippen LogP contribution in [0.15, 0.2) is 0 Å². The summed E-state index contributed by atoms with van der Waals surface area (Å²) in [4.78, 5) is 0. The van der Waals surface area contributed by atoms with Crippen molar-refractivity contribution in [3.63, 3.8) is 0 Å². The molecule has 2 aliphatic carbocycles. The molecule has 0 aromatic carbocycles. The van der Waals surface area contributed by atoms with Gasteiger partial charge in [-0.05, 0) is 25.7 Å². The average molecular weight is 189 g/mol. The Balaban J connectivity index is 1.95. The van der Waals surface area contributed by atoms with Crippen LogP contribution in [0.25, 0.3) is 0 Å². The molecule has 2 saturated carbocycles. The van der Waals surface area contributed by atoms with Gasteiger partial charge in [0.2, 0.25) is 11.3 Å². The minimum atomic E-state index is -1.73. The summed E-state index contributed by atoms with van der Waals surface area (Å²) >= 11 is -1.73. The monoisotopic (exact) mass is 189 g/mol. The Hall–Kier alpha value is 0.0700. The summed E-state index contributed by atoms with van der Waals surface area (Å²) in [6.45, 7) is 0. The van der Waals surface area contributed by atoms with Crippen LogP contribution in [0.3, 0.4) is 0 Å². The molecule has 0 aromatic rings. The Labute approximate surface area is 75.6 Å². The van der Waals surface area contributed by atoms with Gasteiger partial charge in [0.05, 0.1) is 0 Å². The van der Waals surface area contributed by atoms with Gasteiger partial charge in [-0.3, -0.25) is 4.55 Å². The Bertz CT molecular complexity index is 175. The van der Waals surface area contributed by atoms with Gasteiger partial charge in [0.25, 0.3) is 0 Å². The predicted octanol–water partition coefficient (Wildman–Crippen LogP) is 1.53. The number of hydrogen-bond acceptors (Lipinski definition) is 1. The lowest BCUT2D eigenvalue weighted by Gasteiger charge is -2.43. The van der Waals surface area contributed by atoms with Crippen LogP contribution in [-0.4, -0.2) is 25.2 Å². The van der Waals surface area contributed by atoms with Gasteiger partial charge in [-0.15, -0.1) is 0 Å². The zero-order valence-corrected chi connectivity index (χ0v) is 7.92. The maximum atomic E-state index is 11.0. The molecule has 0 aliphatic heterocycles. The van der Waals surface area contributed by atoms with E-state index in [0.717, 1.165) is 25.7 Å². The molecular formula is C8H15NO2S. The van der Waals surface area contributed by atoms with E-state index >= 15 is 0 Å². The van der Waals surface area contributed by atoms with E-state index < -0.39 is 11.3 Å². The minimum absolute atomic E-state index is 0.404. The molecule has 0 heterocycles. The van der Waals surface area contributed by atoms with Crippen LogP contribution in [0.2, 0.25) is 0 Å². The first-order chi connectivity index (χ1) is 5.79. The largest absolute Gasteiger partial charge is 0.294 e. The fourth-order valence-corrected chi connectivity index (χ4v) is 2.77. The Kier molecular flexibility index (Phi) is 2.48. The normalized spacial score (nSPS) is 28.2. The molecule has 2 rings (SSSR count). The fraction of sp³-hybridized carbons (Fsp3) is 1.00. The molecule has 0 amide bonds. The van der Waals surface area contributed by atoms with Crippen LogP contribution in [0.1, 0.15) is 38.5 Å². The molecule has 0 saturated heterocycles. The standard InChI is InChI=1S/C8H15NO2S/c10-12(11)9(7-3-1-4-7)8-5-2-6-8/h7-8H,1-6H2,(H,10,11). The van der Waals surface area contributed by atoms with Crippen molar-refractivity contribution in [3.05, 3.63) is 0 Å². The lowest BCUT2D eigenvalue weighted by atomic mass is 9.87. The van der Waals surface area contributed by atoms with Gasteiger partial charge in [0, 0.05) is 12.1 Å². The zero-order chi connectivity index (χ0) is 8.55. The lowest BCUT2D eigenvalue weighted by molar-refractivity contribution is 0.122. The van der Waals surface area contributed by atoms with Crippen LogP contribution < -0.4 is 0 Å². The first kappa shape index (κ1) is 8.66. The molecule has 1 unspecified atom stereocenters. The SMILES string of the molecule is O=S(O)N(C1CCC1)C1CCC1. The second-order valence-corrected chi connectivity index (χ2v) is 4.64. The van der Waals surface area contributed by atoms with Crippen LogP contribution >= 0.6 is 0 Å². The van der Waals surface area contributed by atoms with Gasteiger partial charge in [-0.2, -0.15) is 4.31 Å². The molecular weight excluding hydrogens is 174 g/mol. The number of hydrogen-bond donors (Lipinski definition) is 1. The van der Waals surface area contributed by atoms with Crippen molar-refractivity contribution in [2.24, 2.45) is 0 Å². The summed E-state index contributed by atoms with van der Waals surface area (Å²) in [5.41, 5.74) is 0. The summed E-state index contributed by atoms with van der Waals surface area (Å²) in [6, 6.07) is 0.808. The van der Waals surface area contributed by atoms with Crippen molar-refractivity contribution in [2.45, 2.75) is 50.6 Å². The van der Waals surface area contributed by atoms with E-state index in [1.54, 1.807) is 0 Å². The lowest BCUT2D eigenvalue weighted by Crippen LogP contribution is -2.50. The van der Waals surface area contributed by atoms with Gasteiger partial charge in [0.15, 0.2) is 0 Å². The third kappa shape index (κ3) is 1.43. The van der Waals surface area contributed by atoms with E-state index in [9.17, 15) is 4.21 Å². The quantitative estimate of drug-likeness (QED) is 0.684. The minimum Gasteiger partial charge on any atom is -0.294 e. The summed E-state index contributed by atoms with van der Waals surface area (Å²) in [5.74, 6) is 0. The van der Waals surface area contributed by atoms with E-state index in [-0.39, 0.29) is 0 Å². The van der Waals surface area contributed by atoms with Crippen molar-refractivity contribution in [2.75, 3.05) is 0 Å². The molecule has 12 heavy (non-hydrogen) atoms. The second-order valence-electron chi connectivity index (χ2n) is 3.76. The maximum Gasteiger partial charge on any atom is 0.235 e. The molecule has 0 spiro atoms. The van der Waals surface area contributed by atoms with Gasteiger partial charge in [-0.25, -0.2) is 4.21 Å². The predicted molar refractivity (Wildman–Crippen MR) is 47.9 cm³/mol. The highest BCUT2D eigenvalue weighted by Gasteiger charge is 2.36. The van der Waals surface area contributed by atoms with Crippen molar-refractivity contribution in [1.29, 1.82) is 0 Å². The third-order valence-electron chi connectivity index (χ3n) is 3.05. The molecule has 0 radical (unpaired) electrons. The molecule has 70 valence electrons. The van der Waals surface area contributed by atoms with Gasteiger partial charge < -0.3 is 0 Å². The molecule has 1 atom stereocenters. The van der Waals surface area contributed by atoms with Crippen LogP contribution in [0.5, 0.6) is 0 Å². The average Bonchev–Trinajstić information content (AvgIpc) is 1.77. The second kappa shape index (κ2) is 3.44. The fourth-order valence-electron chi connectivity index (χ4n) is 1.84. The molecule has 3 nitrogen and oxygen atoms in total. The number of nitrogens with zero attached hydrogens (tertiary/aromatic N) is 1. The van der Waals surface area contributed by atoms with Gasteiger partial charge >= 0.3 is 0 Å². The van der Waals surface area contributed by atoms with Crippen molar-refractivity contribution < 1.29 is 8.76 Å². The summed E-state index contributed by atoms with van der Waals surface area (Å²) in [6.07, 6.45) is 6.91. The maximum absolute atomic E-state index is 11.0. The van der Waals surface area contributed by atoms with Gasteiger partial charge in [-0.1, -0.05) is 12.8 Å². The Morgan fingerprint density at radius 2 is 1.50 bits per heavy atom. The highest BCUT2D eigenvalue weighted by Crippen LogP contribution is 2.34.